The molecule has 0 bridgehead atoms. The van der Waals surface area contributed by atoms with Gasteiger partial charge < -0.3 is 5.32 Å². The van der Waals surface area contributed by atoms with Gasteiger partial charge in [-0.2, -0.15) is 5.26 Å². The Labute approximate surface area is 128 Å². The third kappa shape index (κ3) is 3.63. The van der Waals surface area contributed by atoms with Gasteiger partial charge in [0.25, 0.3) is 0 Å². The fourth-order valence-electron chi connectivity index (χ4n) is 2.06. The molecule has 1 saturated carbocycles. The first-order valence-corrected chi connectivity index (χ1v) is 7.76. The lowest BCUT2D eigenvalue weighted by molar-refractivity contribution is 0.602. The highest BCUT2D eigenvalue weighted by Crippen LogP contribution is 2.32. The van der Waals surface area contributed by atoms with E-state index in [0.717, 1.165) is 17.0 Å². The predicted molar refractivity (Wildman–Crippen MR) is 81.5 cm³/mol. The van der Waals surface area contributed by atoms with Gasteiger partial charge in [0.2, 0.25) is 0 Å². The Balaban J connectivity index is 1.78. The molecule has 2 aromatic rings. The number of nitrogens with one attached hydrogen (secondary N) is 1. The van der Waals surface area contributed by atoms with E-state index in [1.807, 2.05) is 18.2 Å². The van der Waals surface area contributed by atoms with E-state index in [4.69, 9.17) is 0 Å². The van der Waals surface area contributed by atoms with Crippen LogP contribution in [0.1, 0.15) is 24.0 Å². The van der Waals surface area contributed by atoms with Gasteiger partial charge in [-0.25, -0.2) is 4.39 Å². The first kappa shape index (κ1) is 14.1. The Morgan fingerprint density at radius 1 is 1.19 bits per heavy atom. The highest BCUT2D eigenvalue weighted by Gasteiger charge is 2.20. The Morgan fingerprint density at radius 2 is 2.00 bits per heavy atom. The van der Waals surface area contributed by atoms with E-state index in [9.17, 15) is 9.65 Å². The summed E-state index contributed by atoms with van der Waals surface area (Å²) in [5.74, 6) is -0.258. The standard InChI is InChI=1S/C17H15FN2S/c18-15-3-1-2-4-17(15)21-16-8-5-12(9-13(16)10-19)11-20-14-6-7-14/h1-5,8-9,14,20H,6-7,11H2. The van der Waals surface area contributed by atoms with E-state index in [0.29, 0.717) is 16.5 Å². The molecule has 2 nitrogen and oxygen atoms in total. The Morgan fingerprint density at radius 3 is 2.71 bits per heavy atom. The average Bonchev–Trinajstić information content (AvgIpc) is 3.32. The van der Waals surface area contributed by atoms with Crippen molar-refractivity contribution in [2.45, 2.75) is 35.2 Å². The molecule has 21 heavy (non-hydrogen) atoms. The van der Waals surface area contributed by atoms with Gasteiger partial charge in [-0.3, -0.25) is 0 Å². The van der Waals surface area contributed by atoms with Crippen LogP contribution in [0, 0.1) is 17.1 Å². The Hall–Kier alpha value is -1.83. The summed E-state index contributed by atoms with van der Waals surface area (Å²) in [4.78, 5) is 1.33. The van der Waals surface area contributed by atoms with Gasteiger partial charge in [-0.1, -0.05) is 30.0 Å². The summed E-state index contributed by atoms with van der Waals surface area (Å²) in [6, 6.07) is 15.3. The van der Waals surface area contributed by atoms with Crippen molar-refractivity contribution in [1.82, 2.24) is 5.32 Å². The molecule has 0 unspecified atom stereocenters. The molecular weight excluding hydrogens is 283 g/mol. The molecule has 106 valence electrons. The van der Waals surface area contributed by atoms with Gasteiger partial charge in [0, 0.05) is 22.4 Å². The number of benzene rings is 2. The molecule has 3 rings (SSSR count). The highest BCUT2D eigenvalue weighted by molar-refractivity contribution is 7.99. The van der Waals surface area contributed by atoms with Crippen LogP contribution < -0.4 is 5.32 Å². The molecule has 0 aliphatic heterocycles. The second kappa shape index (κ2) is 6.30. The molecule has 4 heteroatoms. The number of nitrogens with zero attached hydrogens (tertiary/aromatic N) is 1. The van der Waals surface area contributed by atoms with Gasteiger partial charge >= 0.3 is 0 Å². The number of hydrogen-bond donors (Lipinski definition) is 1. The van der Waals surface area contributed by atoms with Crippen LogP contribution in [0.4, 0.5) is 4.39 Å². The minimum Gasteiger partial charge on any atom is -0.310 e. The lowest BCUT2D eigenvalue weighted by atomic mass is 10.1. The van der Waals surface area contributed by atoms with Crippen molar-refractivity contribution in [2.75, 3.05) is 0 Å². The van der Waals surface area contributed by atoms with Crippen LogP contribution in [0.25, 0.3) is 0 Å². The summed E-state index contributed by atoms with van der Waals surface area (Å²) in [6.45, 7) is 0.782. The van der Waals surface area contributed by atoms with Gasteiger partial charge in [-0.15, -0.1) is 0 Å². The zero-order valence-electron chi connectivity index (χ0n) is 11.5. The van der Waals surface area contributed by atoms with Crippen LogP contribution >= 0.6 is 11.8 Å². The molecule has 0 aromatic heterocycles. The largest absolute Gasteiger partial charge is 0.310 e. The normalized spacial score (nSPS) is 13.9. The van der Waals surface area contributed by atoms with Crippen LogP contribution in [0.3, 0.4) is 0 Å². The van der Waals surface area contributed by atoms with E-state index < -0.39 is 0 Å². The molecule has 1 N–H and O–H groups in total. The fraction of sp³-hybridized carbons (Fsp3) is 0.235. The van der Waals surface area contributed by atoms with Crippen molar-refractivity contribution in [2.24, 2.45) is 0 Å². The first-order chi connectivity index (χ1) is 10.3. The minimum atomic E-state index is -0.258. The first-order valence-electron chi connectivity index (χ1n) is 6.95. The lowest BCUT2D eigenvalue weighted by Crippen LogP contribution is -2.15. The maximum absolute atomic E-state index is 13.7. The third-order valence-electron chi connectivity index (χ3n) is 3.39. The fourth-order valence-corrected chi connectivity index (χ4v) is 2.96. The van der Waals surface area contributed by atoms with E-state index in [1.165, 1.54) is 30.7 Å². The Kier molecular flexibility index (Phi) is 4.23. The predicted octanol–water partition coefficient (Wildman–Crippen LogP) is 4.10. The third-order valence-corrected chi connectivity index (χ3v) is 4.52. The van der Waals surface area contributed by atoms with Crippen molar-refractivity contribution < 1.29 is 4.39 Å². The van der Waals surface area contributed by atoms with Gasteiger partial charge in [0.15, 0.2) is 0 Å². The van der Waals surface area contributed by atoms with Crippen molar-refractivity contribution in [3.8, 4) is 6.07 Å². The quantitative estimate of drug-likeness (QED) is 0.902. The average molecular weight is 298 g/mol. The molecule has 0 radical (unpaired) electrons. The van der Waals surface area contributed by atoms with Crippen molar-refractivity contribution in [3.05, 3.63) is 59.4 Å². The van der Waals surface area contributed by atoms with Crippen LogP contribution in [0.5, 0.6) is 0 Å². The molecule has 0 saturated heterocycles. The maximum Gasteiger partial charge on any atom is 0.137 e. The highest BCUT2D eigenvalue weighted by atomic mass is 32.2. The van der Waals surface area contributed by atoms with Crippen LogP contribution in [0.15, 0.2) is 52.3 Å². The van der Waals surface area contributed by atoms with Gasteiger partial charge in [0.05, 0.1) is 5.56 Å². The zero-order chi connectivity index (χ0) is 14.7. The number of rotatable bonds is 5. The summed E-state index contributed by atoms with van der Waals surface area (Å²) in [7, 11) is 0. The smallest absolute Gasteiger partial charge is 0.137 e. The molecule has 1 aliphatic rings. The molecule has 0 spiro atoms. The zero-order valence-corrected chi connectivity index (χ0v) is 12.3. The maximum atomic E-state index is 13.7. The summed E-state index contributed by atoms with van der Waals surface area (Å²) in [5, 5.41) is 12.7. The number of halogens is 1. The van der Waals surface area contributed by atoms with Crippen molar-refractivity contribution in [3.63, 3.8) is 0 Å². The molecule has 1 aliphatic carbocycles. The van der Waals surface area contributed by atoms with Gasteiger partial charge in [0.1, 0.15) is 11.9 Å². The topological polar surface area (TPSA) is 35.8 Å². The second-order valence-electron chi connectivity index (χ2n) is 5.13. The van der Waals surface area contributed by atoms with Gasteiger partial charge in [-0.05, 0) is 42.7 Å². The SMILES string of the molecule is N#Cc1cc(CNC2CC2)ccc1Sc1ccccc1F. The van der Waals surface area contributed by atoms with E-state index in [2.05, 4.69) is 11.4 Å². The summed E-state index contributed by atoms with van der Waals surface area (Å²) in [6.07, 6.45) is 2.48. The van der Waals surface area contributed by atoms with Crippen LogP contribution in [0.2, 0.25) is 0 Å². The summed E-state index contributed by atoms with van der Waals surface area (Å²) < 4.78 is 13.7. The van der Waals surface area contributed by atoms with E-state index in [1.54, 1.807) is 18.2 Å². The number of hydrogen-bond acceptors (Lipinski definition) is 3. The van der Waals surface area contributed by atoms with Crippen LogP contribution in [-0.4, -0.2) is 6.04 Å². The van der Waals surface area contributed by atoms with E-state index >= 15 is 0 Å². The van der Waals surface area contributed by atoms with Crippen LogP contribution in [-0.2, 0) is 6.54 Å². The lowest BCUT2D eigenvalue weighted by Gasteiger charge is -2.08. The summed E-state index contributed by atoms with van der Waals surface area (Å²) >= 11 is 1.29. The van der Waals surface area contributed by atoms with Crippen molar-refractivity contribution >= 4 is 11.8 Å². The molecule has 0 heterocycles. The monoisotopic (exact) mass is 298 g/mol. The molecular formula is C17H15FN2S. The van der Waals surface area contributed by atoms with E-state index in [-0.39, 0.29) is 5.82 Å². The molecule has 1 fully saturated rings. The summed E-state index contributed by atoms with van der Waals surface area (Å²) in [5.41, 5.74) is 1.69. The van der Waals surface area contributed by atoms with Crippen molar-refractivity contribution in [1.29, 1.82) is 5.26 Å². The Bertz CT molecular complexity index is 689. The number of nitriles is 1. The molecule has 0 atom stereocenters. The minimum absolute atomic E-state index is 0.258. The molecule has 0 amide bonds. The molecule has 2 aromatic carbocycles. The second-order valence-corrected chi connectivity index (χ2v) is 6.21.